The summed E-state index contributed by atoms with van der Waals surface area (Å²) >= 11 is 5.95. The van der Waals surface area contributed by atoms with Crippen molar-refractivity contribution in [2.24, 2.45) is 0 Å². The molecule has 1 atom stereocenters. The first kappa shape index (κ1) is 21.2. The number of halogens is 5. The van der Waals surface area contributed by atoms with Gasteiger partial charge in [-0.05, 0) is 25.1 Å². The number of rotatable bonds is 3. The lowest BCUT2D eigenvalue weighted by Gasteiger charge is -2.26. The molecule has 2 N–H and O–H groups in total. The number of H-pyrrole nitrogens is 1. The Morgan fingerprint density at radius 3 is 2.81 bits per heavy atom. The van der Waals surface area contributed by atoms with Gasteiger partial charge in [-0.15, -0.1) is 0 Å². The molecule has 4 rings (SSSR count). The molecule has 0 spiro atoms. The molecule has 3 aromatic rings. The number of alkyl halides is 3. The van der Waals surface area contributed by atoms with Gasteiger partial charge in [-0.25, -0.2) is 4.39 Å². The predicted molar refractivity (Wildman–Crippen MR) is 101 cm³/mol. The zero-order valence-electron chi connectivity index (χ0n) is 15.9. The summed E-state index contributed by atoms with van der Waals surface area (Å²) in [4.78, 5) is 29.5. The Kier molecular flexibility index (Phi) is 5.16. The third kappa shape index (κ3) is 3.85. The second-order valence-electron chi connectivity index (χ2n) is 7.16. The highest BCUT2D eigenvalue weighted by Crippen LogP contribution is 2.29. The van der Waals surface area contributed by atoms with Gasteiger partial charge in [-0.2, -0.15) is 13.2 Å². The number of nitrogens with zero attached hydrogens (tertiary/aromatic N) is 2. The molecule has 164 valence electrons. The predicted octanol–water partition coefficient (Wildman–Crippen LogP) is 3.83. The van der Waals surface area contributed by atoms with Crippen LogP contribution < -0.4 is 5.32 Å². The van der Waals surface area contributed by atoms with Crippen LogP contribution in [-0.2, 0) is 13.0 Å². The van der Waals surface area contributed by atoms with Crippen molar-refractivity contribution in [3.8, 4) is 0 Å². The maximum absolute atomic E-state index is 13.7. The van der Waals surface area contributed by atoms with E-state index >= 15 is 0 Å². The van der Waals surface area contributed by atoms with Gasteiger partial charge in [0, 0.05) is 29.4 Å². The average molecular weight is 459 g/mol. The number of fused-ring (bicyclic) bond motifs is 2. The minimum Gasteiger partial charge on any atom is -0.350 e. The minimum atomic E-state index is -4.62. The van der Waals surface area contributed by atoms with Gasteiger partial charge in [0.05, 0.1) is 17.3 Å². The van der Waals surface area contributed by atoms with Crippen molar-refractivity contribution in [2.45, 2.75) is 32.1 Å². The number of amides is 2. The summed E-state index contributed by atoms with van der Waals surface area (Å²) in [6, 6.07) is 1.96. The van der Waals surface area contributed by atoms with Gasteiger partial charge in [0.25, 0.3) is 11.8 Å². The summed E-state index contributed by atoms with van der Waals surface area (Å²) in [5.41, 5.74) is 1.26. The zero-order chi connectivity index (χ0) is 22.5. The largest absolute Gasteiger partial charge is 0.408 e. The van der Waals surface area contributed by atoms with Crippen LogP contribution >= 0.6 is 11.6 Å². The molecule has 0 saturated carbocycles. The lowest BCUT2D eigenvalue weighted by atomic mass is 10.0. The van der Waals surface area contributed by atoms with E-state index in [9.17, 15) is 27.2 Å². The normalized spacial score (nSPS) is 15.1. The van der Waals surface area contributed by atoms with Crippen LogP contribution in [0.4, 0.5) is 17.6 Å². The molecule has 0 bridgehead atoms. The first-order valence-electron chi connectivity index (χ1n) is 9.17. The van der Waals surface area contributed by atoms with Crippen molar-refractivity contribution in [1.29, 1.82) is 0 Å². The molecule has 3 heterocycles. The maximum atomic E-state index is 13.7. The fourth-order valence-corrected chi connectivity index (χ4v) is 3.56. The fourth-order valence-electron chi connectivity index (χ4n) is 3.34. The first-order valence-corrected chi connectivity index (χ1v) is 9.55. The van der Waals surface area contributed by atoms with E-state index in [1.807, 2.05) is 5.32 Å². The Hall–Kier alpha value is -3.08. The number of aromatic nitrogens is 2. The standard InChI is InChI=1S/C19H15ClF4N4O3/c1-8(19(22,23)24)25-17(29)16-10-7-28(5-4-13(10)27-31-16)18(30)14-6-9-12(26-14)3-2-11(21)15(9)20/h2-3,6,8,26H,4-5,7H2,1H3,(H,25,29)/t8-/m1/s1. The van der Waals surface area contributed by atoms with E-state index in [2.05, 4.69) is 10.1 Å². The van der Waals surface area contributed by atoms with Crippen molar-refractivity contribution in [3.63, 3.8) is 0 Å². The van der Waals surface area contributed by atoms with E-state index in [1.165, 1.54) is 23.1 Å². The van der Waals surface area contributed by atoms with Gasteiger partial charge in [-0.3, -0.25) is 9.59 Å². The molecule has 0 radical (unpaired) electrons. The molecule has 1 aliphatic rings. The van der Waals surface area contributed by atoms with Crippen LogP contribution in [0.3, 0.4) is 0 Å². The van der Waals surface area contributed by atoms with Crippen LogP contribution in [0.15, 0.2) is 22.7 Å². The van der Waals surface area contributed by atoms with Crippen LogP contribution in [0, 0.1) is 5.82 Å². The van der Waals surface area contributed by atoms with Gasteiger partial charge in [0.1, 0.15) is 17.6 Å². The monoisotopic (exact) mass is 458 g/mol. The topological polar surface area (TPSA) is 91.2 Å². The smallest absolute Gasteiger partial charge is 0.350 e. The molecule has 12 heteroatoms. The van der Waals surface area contributed by atoms with Gasteiger partial charge < -0.3 is 19.7 Å². The van der Waals surface area contributed by atoms with Crippen molar-refractivity contribution >= 4 is 34.3 Å². The van der Waals surface area contributed by atoms with Crippen molar-refractivity contribution in [3.05, 3.63) is 51.8 Å². The lowest BCUT2D eigenvalue weighted by Crippen LogP contribution is -2.43. The second-order valence-corrected chi connectivity index (χ2v) is 7.53. The SMILES string of the molecule is C[C@@H](NC(=O)c1onc2c1CN(C(=O)c1cc3c(Cl)c(F)ccc3[nH]1)CC2)C(F)(F)F. The van der Waals surface area contributed by atoms with E-state index < -0.39 is 29.8 Å². The molecule has 31 heavy (non-hydrogen) atoms. The Balaban J connectivity index is 1.56. The number of carbonyl (C=O) groups is 2. The van der Waals surface area contributed by atoms with Crippen LogP contribution in [0.5, 0.6) is 0 Å². The maximum Gasteiger partial charge on any atom is 0.408 e. The number of aromatic amines is 1. The summed E-state index contributed by atoms with van der Waals surface area (Å²) in [6.45, 7) is 0.967. The fraction of sp³-hybridized carbons (Fsp3) is 0.316. The van der Waals surface area contributed by atoms with Crippen molar-refractivity contribution < 1.29 is 31.7 Å². The Bertz CT molecular complexity index is 1190. The van der Waals surface area contributed by atoms with E-state index in [0.29, 0.717) is 16.6 Å². The number of benzene rings is 1. The summed E-state index contributed by atoms with van der Waals surface area (Å²) in [5, 5.41) is 5.79. The molecule has 0 saturated heterocycles. The second kappa shape index (κ2) is 7.56. The van der Waals surface area contributed by atoms with Gasteiger partial charge in [0.2, 0.25) is 5.76 Å². The number of hydrogen-bond acceptors (Lipinski definition) is 4. The zero-order valence-corrected chi connectivity index (χ0v) is 16.7. The average Bonchev–Trinajstić information content (AvgIpc) is 3.33. The summed E-state index contributed by atoms with van der Waals surface area (Å²) in [5.74, 6) is -2.51. The molecule has 2 amide bonds. The van der Waals surface area contributed by atoms with Crippen LogP contribution in [0.2, 0.25) is 5.02 Å². The van der Waals surface area contributed by atoms with Crippen LogP contribution in [-0.4, -0.2) is 45.6 Å². The van der Waals surface area contributed by atoms with E-state index in [4.69, 9.17) is 16.1 Å². The molecule has 0 aliphatic carbocycles. The van der Waals surface area contributed by atoms with Gasteiger partial charge in [-0.1, -0.05) is 16.8 Å². The van der Waals surface area contributed by atoms with E-state index in [-0.39, 0.29) is 41.6 Å². The van der Waals surface area contributed by atoms with Gasteiger partial charge in [0.15, 0.2) is 0 Å². The Morgan fingerprint density at radius 1 is 1.35 bits per heavy atom. The van der Waals surface area contributed by atoms with Crippen LogP contribution in [0.25, 0.3) is 10.9 Å². The molecule has 2 aromatic heterocycles. The third-order valence-corrected chi connectivity index (χ3v) is 5.47. The number of hydrogen-bond donors (Lipinski definition) is 2. The van der Waals surface area contributed by atoms with Crippen molar-refractivity contribution in [1.82, 2.24) is 20.4 Å². The summed E-state index contributed by atoms with van der Waals surface area (Å²) in [6.07, 6.45) is -4.36. The van der Waals surface area contributed by atoms with Gasteiger partial charge >= 0.3 is 6.18 Å². The molecule has 1 aliphatic heterocycles. The molecule has 0 fully saturated rings. The summed E-state index contributed by atoms with van der Waals surface area (Å²) < 4.78 is 56.8. The van der Waals surface area contributed by atoms with E-state index in [1.54, 1.807) is 0 Å². The van der Waals surface area contributed by atoms with Crippen molar-refractivity contribution in [2.75, 3.05) is 6.54 Å². The first-order chi connectivity index (χ1) is 14.6. The lowest BCUT2D eigenvalue weighted by molar-refractivity contribution is -0.149. The Labute approximate surface area is 177 Å². The minimum absolute atomic E-state index is 0.0850. The highest BCUT2D eigenvalue weighted by Gasteiger charge is 2.39. The van der Waals surface area contributed by atoms with Crippen LogP contribution in [0.1, 0.15) is 39.2 Å². The molecule has 1 aromatic carbocycles. The highest BCUT2D eigenvalue weighted by molar-refractivity contribution is 6.35. The Morgan fingerprint density at radius 2 is 2.10 bits per heavy atom. The summed E-state index contributed by atoms with van der Waals surface area (Å²) in [7, 11) is 0. The number of carbonyl (C=O) groups excluding carboxylic acids is 2. The third-order valence-electron chi connectivity index (χ3n) is 5.09. The number of nitrogens with one attached hydrogen (secondary N) is 2. The molecule has 0 unspecified atom stereocenters. The molecule has 7 nitrogen and oxygen atoms in total. The molecular weight excluding hydrogens is 444 g/mol. The highest BCUT2D eigenvalue weighted by atomic mass is 35.5. The quantitative estimate of drug-likeness (QED) is 0.584. The van der Waals surface area contributed by atoms with E-state index in [0.717, 1.165) is 6.92 Å². The molecular formula is C19H15ClF4N4O3.